The van der Waals surface area contributed by atoms with Crippen molar-refractivity contribution in [3.8, 4) is 0 Å². The number of hydrogen-bond donors (Lipinski definition) is 1. The molecule has 5 nitrogen and oxygen atoms in total. The minimum atomic E-state index is -4.39. The van der Waals surface area contributed by atoms with Crippen LogP contribution in [0, 0.1) is 0 Å². The average Bonchev–Trinajstić information content (AvgIpc) is 2.37. The van der Waals surface area contributed by atoms with Crippen LogP contribution < -0.4 is 4.13 Å². The van der Waals surface area contributed by atoms with E-state index in [2.05, 4.69) is 0 Å². The van der Waals surface area contributed by atoms with Crippen molar-refractivity contribution in [2.24, 2.45) is 0 Å². The molecular formula is C12H8Cl3NO4S2. The lowest BCUT2D eigenvalue weighted by molar-refractivity contribution is 0.577. The van der Waals surface area contributed by atoms with Crippen molar-refractivity contribution in [2.45, 2.75) is 9.79 Å². The summed E-state index contributed by atoms with van der Waals surface area (Å²) in [4.78, 5) is -0.637. The Morgan fingerprint density at radius 1 is 0.727 bits per heavy atom. The van der Waals surface area contributed by atoms with E-state index < -0.39 is 24.9 Å². The third kappa shape index (κ3) is 3.92. The molecule has 0 aromatic heterocycles. The van der Waals surface area contributed by atoms with Crippen LogP contribution in [-0.4, -0.2) is 16.8 Å². The Morgan fingerprint density at radius 3 is 1.82 bits per heavy atom. The molecule has 0 aliphatic heterocycles. The van der Waals surface area contributed by atoms with Gasteiger partial charge in [0.15, 0.2) is 0 Å². The van der Waals surface area contributed by atoms with Crippen LogP contribution in [0.3, 0.4) is 0 Å². The van der Waals surface area contributed by atoms with Crippen LogP contribution in [-0.2, 0) is 20.0 Å². The third-order valence-electron chi connectivity index (χ3n) is 2.53. The molecule has 0 bridgehead atoms. The Balaban J connectivity index is 2.41. The molecule has 0 heterocycles. The van der Waals surface area contributed by atoms with Crippen LogP contribution in [0.15, 0.2) is 52.3 Å². The van der Waals surface area contributed by atoms with Gasteiger partial charge in [0.25, 0.3) is 20.0 Å². The molecule has 0 unspecified atom stereocenters. The second-order valence-corrected chi connectivity index (χ2v) is 8.99. The van der Waals surface area contributed by atoms with Gasteiger partial charge in [-0.3, -0.25) is 0 Å². The molecule has 0 radical (unpaired) electrons. The topological polar surface area (TPSA) is 80.3 Å². The van der Waals surface area contributed by atoms with Crippen molar-refractivity contribution in [3.05, 3.63) is 57.5 Å². The zero-order chi connectivity index (χ0) is 16.5. The smallest absolute Gasteiger partial charge is 0.206 e. The molecule has 2 aromatic rings. The summed E-state index contributed by atoms with van der Waals surface area (Å²) in [5.41, 5.74) is 0. The summed E-state index contributed by atoms with van der Waals surface area (Å²) in [6.07, 6.45) is 0. The first kappa shape index (κ1) is 17.5. The number of rotatable bonds is 4. The summed E-state index contributed by atoms with van der Waals surface area (Å²) >= 11 is 17.1. The third-order valence-corrected chi connectivity index (χ3v) is 7.02. The quantitative estimate of drug-likeness (QED) is 0.854. The monoisotopic (exact) mass is 399 g/mol. The lowest BCUT2D eigenvalue weighted by Crippen LogP contribution is -2.30. The fourth-order valence-corrected chi connectivity index (χ4v) is 5.34. The van der Waals surface area contributed by atoms with E-state index in [4.69, 9.17) is 34.8 Å². The highest BCUT2D eigenvalue weighted by molar-refractivity contribution is 8.04. The summed E-state index contributed by atoms with van der Waals surface area (Å²) in [5, 5.41) is 0.360. The van der Waals surface area contributed by atoms with Crippen molar-refractivity contribution >= 4 is 54.8 Å². The number of sulfonamides is 2. The maximum absolute atomic E-state index is 12.2. The Morgan fingerprint density at radius 2 is 1.27 bits per heavy atom. The van der Waals surface area contributed by atoms with Gasteiger partial charge in [-0.25, -0.2) is 16.8 Å². The highest BCUT2D eigenvalue weighted by atomic mass is 35.5. The summed E-state index contributed by atoms with van der Waals surface area (Å²) in [6, 6.07) is 8.64. The van der Waals surface area contributed by atoms with Gasteiger partial charge < -0.3 is 0 Å². The van der Waals surface area contributed by atoms with Crippen molar-refractivity contribution in [2.75, 3.05) is 0 Å². The fourth-order valence-electron chi connectivity index (χ4n) is 1.54. The van der Waals surface area contributed by atoms with Crippen LogP contribution in [0.5, 0.6) is 0 Å². The van der Waals surface area contributed by atoms with Crippen LogP contribution in [0.4, 0.5) is 0 Å². The van der Waals surface area contributed by atoms with Crippen molar-refractivity contribution in [3.63, 3.8) is 0 Å². The van der Waals surface area contributed by atoms with Crippen molar-refractivity contribution in [1.29, 1.82) is 0 Å². The van der Waals surface area contributed by atoms with Gasteiger partial charge >= 0.3 is 0 Å². The average molecular weight is 401 g/mol. The first-order valence-corrected chi connectivity index (χ1v) is 9.71. The Labute approximate surface area is 142 Å². The first-order valence-electron chi connectivity index (χ1n) is 5.61. The summed E-state index contributed by atoms with van der Waals surface area (Å²) in [5.74, 6) is 0. The van der Waals surface area contributed by atoms with Gasteiger partial charge in [0, 0.05) is 10.0 Å². The second kappa shape index (κ2) is 6.35. The van der Waals surface area contributed by atoms with Gasteiger partial charge in [0.05, 0.1) is 9.92 Å². The van der Waals surface area contributed by atoms with E-state index in [1.807, 2.05) is 0 Å². The van der Waals surface area contributed by atoms with Crippen LogP contribution >= 0.6 is 34.8 Å². The summed E-state index contributed by atoms with van der Waals surface area (Å²) in [7, 11) is -8.68. The Kier molecular flexibility index (Phi) is 5.06. The van der Waals surface area contributed by atoms with E-state index in [-0.39, 0.29) is 14.9 Å². The standard InChI is InChI=1S/C12H8Cl3NO4S2/c13-8-1-4-10(5-2-8)21(17,18)16-22(19,20)12-6-3-9(14)7-11(12)15/h1-7,16H. The molecule has 2 aromatic carbocycles. The SMILES string of the molecule is O=S(=O)(NS(=O)(=O)c1ccc(Cl)cc1Cl)c1ccc(Cl)cc1. The molecule has 0 aliphatic rings. The van der Waals surface area contributed by atoms with Gasteiger partial charge in [0.1, 0.15) is 4.90 Å². The minimum absolute atomic E-state index is 0.189. The highest BCUT2D eigenvalue weighted by Crippen LogP contribution is 2.26. The molecule has 1 N–H and O–H groups in total. The van der Waals surface area contributed by atoms with Crippen LogP contribution in [0.2, 0.25) is 15.1 Å². The van der Waals surface area contributed by atoms with Crippen LogP contribution in [0.25, 0.3) is 0 Å². The minimum Gasteiger partial charge on any atom is -0.206 e. The molecule has 0 saturated carbocycles. The largest absolute Gasteiger partial charge is 0.255 e. The van der Waals surface area contributed by atoms with E-state index in [0.29, 0.717) is 5.02 Å². The van der Waals surface area contributed by atoms with E-state index in [9.17, 15) is 16.8 Å². The Hall–Kier alpha value is -0.830. The number of nitrogens with one attached hydrogen (secondary N) is 1. The second-order valence-electron chi connectivity index (χ2n) is 4.12. The highest BCUT2D eigenvalue weighted by Gasteiger charge is 2.26. The van der Waals surface area contributed by atoms with Crippen molar-refractivity contribution in [1.82, 2.24) is 4.13 Å². The molecule has 2 rings (SSSR count). The lowest BCUT2D eigenvalue weighted by Gasteiger charge is -2.09. The molecule has 10 heteroatoms. The maximum atomic E-state index is 12.2. The molecule has 118 valence electrons. The van der Waals surface area contributed by atoms with Gasteiger partial charge in [-0.05, 0) is 42.5 Å². The molecule has 0 spiro atoms. The van der Waals surface area contributed by atoms with E-state index in [1.165, 1.54) is 36.4 Å². The fraction of sp³-hybridized carbons (Fsp3) is 0. The zero-order valence-electron chi connectivity index (χ0n) is 10.6. The molecule has 0 atom stereocenters. The molecular weight excluding hydrogens is 393 g/mol. The molecule has 22 heavy (non-hydrogen) atoms. The lowest BCUT2D eigenvalue weighted by atomic mass is 10.4. The van der Waals surface area contributed by atoms with Gasteiger partial charge in [-0.1, -0.05) is 34.8 Å². The van der Waals surface area contributed by atoms with Gasteiger partial charge in [-0.2, -0.15) is 0 Å². The predicted molar refractivity (Wildman–Crippen MR) is 85.4 cm³/mol. The molecule has 0 saturated heterocycles. The molecule has 0 amide bonds. The zero-order valence-corrected chi connectivity index (χ0v) is 14.5. The van der Waals surface area contributed by atoms with Gasteiger partial charge in [-0.15, -0.1) is 4.13 Å². The molecule has 0 fully saturated rings. The van der Waals surface area contributed by atoms with E-state index >= 15 is 0 Å². The van der Waals surface area contributed by atoms with E-state index in [1.54, 1.807) is 4.13 Å². The Bertz CT molecular complexity index is 910. The first-order chi connectivity index (χ1) is 10.1. The van der Waals surface area contributed by atoms with Crippen LogP contribution in [0.1, 0.15) is 0 Å². The summed E-state index contributed by atoms with van der Waals surface area (Å²) < 4.78 is 50.2. The summed E-state index contributed by atoms with van der Waals surface area (Å²) in [6.45, 7) is 0. The normalized spacial score (nSPS) is 12.3. The van der Waals surface area contributed by atoms with E-state index in [0.717, 1.165) is 6.07 Å². The molecule has 0 aliphatic carbocycles. The van der Waals surface area contributed by atoms with Gasteiger partial charge in [0.2, 0.25) is 0 Å². The number of benzene rings is 2. The van der Waals surface area contributed by atoms with Crippen molar-refractivity contribution < 1.29 is 16.8 Å². The number of hydrogen-bond acceptors (Lipinski definition) is 4. The number of halogens is 3. The predicted octanol–water partition coefficient (Wildman–Crippen LogP) is 3.31. The maximum Gasteiger partial charge on any atom is 0.255 e.